The Bertz CT molecular complexity index is 1110. The van der Waals surface area contributed by atoms with Gasteiger partial charge in [0.1, 0.15) is 0 Å². The van der Waals surface area contributed by atoms with Crippen molar-refractivity contribution in [1.29, 1.82) is 0 Å². The molecular formula is C24H28N4O4. The normalized spacial score (nSPS) is 14.7. The highest BCUT2D eigenvalue weighted by Crippen LogP contribution is 2.39. The molecule has 2 aromatic rings. The van der Waals surface area contributed by atoms with Crippen molar-refractivity contribution in [2.24, 2.45) is 5.10 Å². The predicted molar refractivity (Wildman–Crippen MR) is 126 cm³/mol. The zero-order valence-electron chi connectivity index (χ0n) is 19.0. The predicted octanol–water partition coefficient (Wildman–Crippen LogP) is 4.45. The van der Waals surface area contributed by atoms with Gasteiger partial charge in [-0.25, -0.2) is 5.43 Å². The molecule has 8 heteroatoms. The Morgan fingerprint density at radius 2 is 2.00 bits per heavy atom. The van der Waals surface area contributed by atoms with Crippen LogP contribution in [0.25, 0.3) is 5.57 Å². The highest BCUT2D eigenvalue weighted by molar-refractivity contribution is 5.90. The minimum atomic E-state index is -0.554. The second-order valence-electron chi connectivity index (χ2n) is 8.26. The van der Waals surface area contributed by atoms with E-state index in [0.717, 1.165) is 23.2 Å². The number of aryl methyl sites for hydroxylation is 1. The molecule has 8 nitrogen and oxygen atoms in total. The van der Waals surface area contributed by atoms with E-state index in [2.05, 4.69) is 61.3 Å². The van der Waals surface area contributed by atoms with Crippen LogP contribution in [0.5, 0.6) is 5.75 Å². The lowest BCUT2D eigenvalue weighted by Gasteiger charge is -2.43. The number of allylic oxidation sites excluding steroid dienone is 1. The summed E-state index contributed by atoms with van der Waals surface area (Å²) in [4.78, 5) is 24.9. The number of benzene rings is 2. The summed E-state index contributed by atoms with van der Waals surface area (Å²) in [5.74, 6) is -0.474. The fraction of sp³-hybridized carbons (Fsp3) is 0.333. The number of anilines is 1. The number of carbonyl (C=O) groups is 1. The third-order valence-electron chi connectivity index (χ3n) is 5.50. The largest absolute Gasteiger partial charge is 0.477 e. The second-order valence-corrected chi connectivity index (χ2v) is 8.26. The number of nitro groups is 1. The summed E-state index contributed by atoms with van der Waals surface area (Å²) in [7, 11) is 0. The molecule has 2 aromatic carbocycles. The van der Waals surface area contributed by atoms with Crippen LogP contribution in [0, 0.1) is 17.0 Å². The summed E-state index contributed by atoms with van der Waals surface area (Å²) in [6.45, 7) is 11.2. The quantitative estimate of drug-likeness (QED) is 0.393. The van der Waals surface area contributed by atoms with Gasteiger partial charge < -0.3 is 9.64 Å². The molecule has 0 radical (unpaired) electrons. The third kappa shape index (κ3) is 4.80. The first kappa shape index (κ1) is 23.0. The molecule has 1 aliphatic rings. The van der Waals surface area contributed by atoms with E-state index in [1.54, 1.807) is 12.3 Å². The number of hydrazone groups is 1. The first-order chi connectivity index (χ1) is 15.1. The van der Waals surface area contributed by atoms with Crippen LogP contribution in [0.15, 0.2) is 47.6 Å². The Hall–Kier alpha value is -3.68. The van der Waals surface area contributed by atoms with Crippen molar-refractivity contribution in [3.8, 4) is 5.75 Å². The van der Waals surface area contributed by atoms with Crippen LogP contribution in [0.4, 0.5) is 11.4 Å². The minimum Gasteiger partial charge on any atom is -0.477 e. The number of nitrogens with one attached hydrogen (secondary N) is 1. The molecule has 1 aliphatic heterocycles. The summed E-state index contributed by atoms with van der Waals surface area (Å²) in [5, 5.41) is 15.1. The van der Waals surface area contributed by atoms with Gasteiger partial charge in [0.2, 0.25) is 0 Å². The maximum atomic E-state index is 12.1. The zero-order valence-corrected chi connectivity index (χ0v) is 19.0. The monoisotopic (exact) mass is 436 g/mol. The van der Waals surface area contributed by atoms with Crippen LogP contribution in [0.1, 0.15) is 44.4 Å². The van der Waals surface area contributed by atoms with Gasteiger partial charge in [-0.2, -0.15) is 5.10 Å². The van der Waals surface area contributed by atoms with Gasteiger partial charge >= 0.3 is 5.69 Å². The molecule has 0 unspecified atom stereocenters. The molecule has 1 heterocycles. The van der Waals surface area contributed by atoms with Gasteiger partial charge in [0.15, 0.2) is 12.4 Å². The molecule has 32 heavy (non-hydrogen) atoms. The number of rotatable bonds is 7. The Morgan fingerprint density at radius 3 is 2.69 bits per heavy atom. The van der Waals surface area contributed by atoms with Crippen LogP contribution in [-0.2, 0) is 4.79 Å². The van der Waals surface area contributed by atoms with Crippen LogP contribution in [0.3, 0.4) is 0 Å². The molecule has 1 N–H and O–H groups in total. The molecule has 0 fully saturated rings. The Labute approximate surface area is 187 Å². The molecule has 0 saturated heterocycles. The van der Waals surface area contributed by atoms with E-state index < -0.39 is 10.8 Å². The second kappa shape index (κ2) is 9.21. The molecule has 0 atom stereocenters. The highest BCUT2D eigenvalue weighted by Gasteiger charge is 2.30. The van der Waals surface area contributed by atoms with Crippen molar-refractivity contribution in [2.75, 3.05) is 18.1 Å². The number of para-hydroxylation sites is 2. The Kier molecular flexibility index (Phi) is 6.62. The standard InChI is InChI=1S/C24H28N4O4/c1-6-27-21-11-16(2)18(12-19(21)17(3)13-24(27,4)5)14-25-26-23(29)15-32-22-10-8-7-9-20(22)28(30)31/h7-14H,6,15H2,1-5H3,(H,26,29)/b25-14+. The van der Waals surface area contributed by atoms with Crippen molar-refractivity contribution in [3.05, 3.63) is 69.3 Å². The molecule has 168 valence electrons. The number of ether oxygens (including phenoxy) is 1. The third-order valence-corrected chi connectivity index (χ3v) is 5.50. The molecule has 3 rings (SSSR count). The van der Waals surface area contributed by atoms with E-state index in [-0.39, 0.29) is 23.6 Å². The van der Waals surface area contributed by atoms with Crippen LogP contribution in [0.2, 0.25) is 0 Å². The number of hydrogen-bond donors (Lipinski definition) is 1. The number of likely N-dealkylation sites (N-methyl/N-ethyl adjacent to an activating group) is 1. The lowest BCUT2D eigenvalue weighted by atomic mass is 9.87. The van der Waals surface area contributed by atoms with E-state index in [4.69, 9.17) is 4.74 Å². The van der Waals surface area contributed by atoms with Gasteiger partial charge in [-0.1, -0.05) is 18.2 Å². The topological polar surface area (TPSA) is 97.1 Å². The number of hydrogen-bond acceptors (Lipinski definition) is 6. The molecule has 0 spiro atoms. The van der Waals surface area contributed by atoms with Crippen molar-refractivity contribution < 1.29 is 14.5 Å². The zero-order chi connectivity index (χ0) is 23.5. The molecule has 0 aliphatic carbocycles. The van der Waals surface area contributed by atoms with Gasteiger partial charge in [0.05, 0.1) is 16.7 Å². The van der Waals surface area contributed by atoms with Crippen LogP contribution >= 0.6 is 0 Å². The van der Waals surface area contributed by atoms with E-state index >= 15 is 0 Å². The number of nitrogens with zero attached hydrogens (tertiary/aromatic N) is 3. The molecule has 0 saturated carbocycles. The fourth-order valence-corrected chi connectivity index (χ4v) is 4.04. The lowest BCUT2D eigenvalue weighted by Crippen LogP contribution is -2.45. The number of amides is 1. The van der Waals surface area contributed by atoms with Crippen LogP contribution < -0.4 is 15.1 Å². The van der Waals surface area contributed by atoms with E-state index in [0.29, 0.717) is 0 Å². The summed E-state index contributed by atoms with van der Waals surface area (Å²) < 4.78 is 5.28. The Balaban J connectivity index is 1.69. The molecule has 0 aromatic heterocycles. The van der Waals surface area contributed by atoms with Gasteiger partial charge in [-0.15, -0.1) is 0 Å². The highest BCUT2D eigenvalue weighted by atomic mass is 16.6. The molecule has 1 amide bonds. The smallest absolute Gasteiger partial charge is 0.310 e. The van der Waals surface area contributed by atoms with E-state index in [1.165, 1.54) is 29.5 Å². The van der Waals surface area contributed by atoms with Crippen molar-refractivity contribution >= 4 is 29.1 Å². The first-order valence-electron chi connectivity index (χ1n) is 10.4. The summed E-state index contributed by atoms with van der Waals surface area (Å²) in [6, 6.07) is 10.1. The minimum absolute atomic E-state index is 0.0350. The SMILES string of the molecule is CCN1c2cc(C)c(/C=N/NC(=O)COc3ccccc3[N+](=O)[O-])cc2C(C)=CC1(C)C. The average molecular weight is 437 g/mol. The first-order valence-corrected chi connectivity index (χ1v) is 10.4. The number of nitro benzene ring substituents is 1. The Morgan fingerprint density at radius 1 is 1.28 bits per heavy atom. The van der Waals surface area contributed by atoms with Gasteiger partial charge in [0, 0.05) is 23.9 Å². The number of fused-ring (bicyclic) bond motifs is 1. The van der Waals surface area contributed by atoms with Gasteiger partial charge in [-0.3, -0.25) is 14.9 Å². The maximum absolute atomic E-state index is 12.1. The summed E-state index contributed by atoms with van der Waals surface area (Å²) >= 11 is 0. The van der Waals surface area contributed by atoms with Crippen molar-refractivity contribution in [1.82, 2.24) is 5.43 Å². The van der Waals surface area contributed by atoms with Crippen LogP contribution in [-0.4, -0.2) is 35.7 Å². The number of carbonyl (C=O) groups excluding carboxylic acids is 1. The van der Waals surface area contributed by atoms with Gasteiger partial charge in [-0.05, 0) is 69.5 Å². The summed E-state index contributed by atoms with van der Waals surface area (Å²) in [5.41, 5.74) is 7.63. The van der Waals surface area contributed by atoms with Crippen molar-refractivity contribution in [2.45, 2.75) is 40.2 Å². The maximum Gasteiger partial charge on any atom is 0.310 e. The van der Waals surface area contributed by atoms with E-state index in [9.17, 15) is 14.9 Å². The van der Waals surface area contributed by atoms with Gasteiger partial charge in [0.25, 0.3) is 5.91 Å². The lowest BCUT2D eigenvalue weighted by molar-refractivity contribution is -0.385. The molecular weight excluding hydrogens is 408 g/mol. The van der Waals surface area contributed by atoms with E-state index in [1.807, 2.05) is 6.92 Å². The average Bonchev–Trinajstić information content (AvgIpc) is 2.73. The van der Waals surface area contributed by atoms with Crippen molar-refractivity contribution in [3.63, 3.8) is 0 Å². The fourth-order valence-electron chi connectivity index (χ4n) is 4.04. The summed E-state index contributed by atoms with van der Waals surface area (Å²) in [6.07, 6.45) is 3.86. The molecule has 0 bridgehead atoms.